The average Bonchev–Trinajstić information content (AvgIpc) is 3.04. The van der Waals surface area contributed by atoms with E-state index in [2.05, 4.69) is 115 Å². The normalized spacial score (nSPS) is 20.4. The molecule has 0 spiro atoms. The van der Waals surface area contributed by atoms with E-state index in [1.54, 1.807) is 0 Å². The van der Waals surface area contributed by atoms with Crippen molar-refractivity contribution in [2.75, 3.05) is 32.8 Å². The van der Waals surface area contributed by atoms with Crippen LogP contribution in [0.25, 0.3) is 0 Å². The Morgan fingerprint density at radius 1 is 0.525 bits per heavy atom. The van der Waals surface area contributed by atoms with Crippen molar-refractivity contribution in [1.82, 2.24) is 0 Å². The number of hydrogen-bond acceptors (Lipinski definition) is 1. The van der Waals surface area contributed by atoms with Crippen LogP contribution in [0.4, 0.5) is 0 Å². The summed E-state index contributed by atoms with van der Waals surface area (Å²) in [6.07, 6.45) is 9.55. The van der Waals surface area contributed by atoms with E-state index >= 15 is 0 Å². The first-order chi connectivity index (χ1) is 19.8. The molecule has 0 saturated carbocycles. The number of benzene rings is 4. The number of piperidine rings is 3. The van der Waals surface area contributed by atoms with Gasteiger partial charge in [-0.15, -0.1) is 0 Å². The molecular formula is C38H44NO+. The number of hydrogen-bond donors (Lipinski definition) is 0. The van der Waals surface area contributed by atoms with Gasteiger partial charge in [0.2, 0.25) is 0 Å². The van der Waals surface area contributed by atoms with Crippen LogP contribution in [-0.2, 0) is 5.41 Å². The molecule has 4 aromatic carbocycles. The first kappa shape index (κ1) is 26.8. The van der Waals surface area contributed by atoms with Gasteiger partial charge in [-0.2, -0.15) is 0 Å². The minimum Gasteiger partial charge on any atom is -0.494 e. The third kappa shape index (κ3) is 5.60. The SMILES string of the molecule is c1ccc(C(c2ccccc2)(c2ccccc2)c2ccc(OCCCCCC[N+]34CCC(CC3)CC4)cc2)cc1. The van der Waals surface area contributed by atoms with E-state index in [1.807, 2.05) is 0 Å². The Labute approximate surface area is 241 Å². The van der Waals surface area contributed by atoms with Crippen LogP contribution >= 0.6 is 0 Å². The smallest absolute Gasteiger partial charge is 0.119 e. The molecule has 2 nitrogen and oxygen atoms in total. The largest absolute Gasteiger partial charge is 0.494 e. The van der Waals surface area contributed by atoms with Crippen molar-refractivity contribution in [3.05, 3.63) is 138 Å². The molecular weight excluding hydrogens is 486 g/mol. The zero-order valence-corrected chi connectivity index (χ0v) is 23.9. The van der Waals surface area contributed by atoms with Crippen LogP contribution in [0.5, 0.6) is 5.75 Å². The van der Waals surface area contributed by atoms with Crippen LogP contribution in [0.2, 0.25) is 0 Å². The first-order valence-electron chi connectivity index (χ1n) is 15.5. The minimum absolute atomic E-state index is 0.405. The first-order valence-corrected chi connectivity index (χ1v) is 15.5. The molecule has 3 fully saturated rings. The zero-order valence-electron chi connectivity index (χ0n) is 23.9. The van der Waals surface area contributed by atoms with Crippen molar-refractivity contribution >= 4 is 0 Å². The Bertz CT molecular complexity index is 1200. The highest BCUT2D eigenvalue weighted by atomic mass is 16.5. The van der Waals surface area contributed by atoms with Crippen LogP contribution in [-0.4, -0.2) is 37.3 Å². The highest BCUT2D eigenvalue weighted by Crippen LogP contribution is 2.45. The van der Waals surface area contributed by atoms with Gasteiger partial charge in [-0.25, -0.2) is 0 Å². The van der Waals surface area contributed by atoms with Gasteiger partial charge in [0, 0.05) is 0 Å². The van der Waals surface area contributed by atoms with Crippen LogP contribution < -0.4 is 4.74 Å². The van der Waals surface area contributed by atoms with E-state index < -0.39 is 5.41 Å². The second kappa shape index (κ2) is 12.4. The number of unbranched alkanes of at least 4 members (excludes halogenated alkanes) is 3. The molecule has 7 rings (SSSR count). The summed E-state index contributed by atoms with van der Waals surface area (Å²) in [5.74, 6) is 2.01. The summed E-state index contributed by atoms with van der Waals surface area (Å²) in [5.41, 5.74) is 4.64. The van der Waals surface area contributed by atoms with E-state index in [0.717, 1.165) is 24.7 Å². The van der Waals surface area contributed by atoms with Gasteiger partial charge < -0.3 is 9.22 Å². The molecule has 0 aliphatic carbocycles. The fourth-order valence-electron chi connectivity index (χ4n) is 7.43. The fraction of sp³-hybridized carbons (Fsp3) is 0.368. The molecule has 4 aromatic rings. The van der Waals surface area contributed by atoms with Crippen molar-refractivity contribution in [2.45, 2.75) is 50.4 Å². The van der Waals surface area contributed by atoms with Gasteiger partial charge in [0.1, 0.15) is 5.75 Å². The zero-order chi connectivity index (χ0) is 27.1. The van der Waals surface area contributed by atoms with Gasteiger partial charge in [0.05, 0.1) is 38.2 Å². The predicted molar refractivity (Wildman–Crippen MR) is 166 cm³/mol. The Hall–Kier alpha value is -3.36. The van der Waals surface area contributed by atoms with Crippen molar-refractivity contribution < 1.29 is 9.22 Å². The lowest BCUT2D eigenvalue weighted by molar-refractivity contribution is -0.942. The van der Waals surface area contributed by atoms with E-state index in [1.165, 1.54) is 91.4 Å². The molecule has 0 atom stereocenters. The minimum atomic E-state index is -0.405. The molecule has 0 radical (unpaired) electrons. The second-order valence-corrected chi connectivity index (χ2v) is 12.1. The number of quaternary nitrogens is 1. The molecule has 3 heterocycles. The summed E-state index contributed by atoms with van der Waals surface area (Å²) in [4.78, 5) is 0. The monoisotopic (exact) mass is 530 g/mol. The van der Waals surface area contributed by atoms with Crippen molar-refractivity contribution in [3.8, 4) is 5.75 Å². The van der Waals surface area contributed by atoms with E-state index in [-0.39, 0.29) is 0 Å². The van der Waals surface area contributed by atoms with Gasteiger partial charge in [-0.3, -0.25) is 0 Å². The molecule has 0 N–H and O–H groups in total. The van der Waals surface area contributed by atoms with Crippen molar-refractivity contribution in [1.29, 1.82) is 0 Å². The topological polar surface area (TPSA) is 9.23 Å². The van der Waals surface area contributed by atoms with E-state index in [9.17, 15) is 0 Å². The molecule has 206 valence electrons. The molecule has 3 aliphatic heterocycles. The summed E-state index contributed by atoms with van der Waals surface area (Å²) < 4.78 is 7.66. The van der Waals surface area contributed by atoms with Crippen molar-refractivity contribution in [3.63, 3.8) is 0 Å². The molecule has 2 heteroatoms. The van der Waals surface area contributed by atoms with E-state index in [0.29, 0.717) is 0 Å². The lowest BCUT2D eigenvalue weighted by Gasteiger charge is -2.49. The van der Waals surface area contributed by atoms with Gasteiger partial charge in [-0.1, -0.05) is 103 Å². The maximum Gasteiger partial charge on any atom is 0.119 e. The molecule has 2 bridgehead atoms. The Kier molecular flexibility index (Phi) is 8.35. The Balaban J connectivity index is 1.12. The summed E-state index contributed by atoms with van der Waals surface area (Å²) in [7, 11) is 0. The van der Waals surface area contributed by atoms with Crippen LogP contribution in [0.15, 0.2) is 115 Å². The van der Waals surface area contributed by atoms with Gasteiger partial charge in [-0.05, 0) is 85.3 Å². The average molecular weight is 531 g/mol. The maximum absolute atomic E-state index is 6.23. The number of nitrogens with zero attached hydrogens (tertiary/aromatic N) is 1. The molecule has 0 amide bonds. The highest BCUT2D eigenvalue weighted by Gasteiger charge is 2.39. The lowest BCUT2D eigenvalue weighted by Crippen LogP contribution is -2.58. The summed E-state index contributed by atoms with van der Waals surface area (Å²) in [5, 5.41) is 0. The Morgan fingerprint density at radius 2 is 0.975 bits per heavy atom. The molecule has 0 aromatic heterocycles. The maximum atomic E-state index is 6.23. The standard InChI is InChI=1S/C38H44NO/c1(12-27-39-28-24-32(25-29-39)26-30-39)2-13-31-40-37-22-20-36(21-23-37)38(33-14-6-3-7-15-33,34-16-8-4-9-17-34)35-18-10-5-11-19-35/h3-11,14-23,32H,1-2,12-13,24-31H2/q+1. The molecule has 40 heavy (non-hydrogen) atoms. The van der Waals surface area contributed by atoms with E-state index in [4.69, 9.17) is 4.74 Å². The van der Waals surface area contributed by atoms with Gasteiger partial charge >= 0.3 is 0 Å². The second-order valence-electron chi connectivity index (χ2n) is 12.1. The highest BCUT2D eigenvalue weighted by molar-refractivity contribution is 5.60. The third-order valence-electron chi connectivity index (χ3n) is 9.74. The van der Waals surface area contributed by atoms with Gasteiger partial charge in [0.25, 0.3) is 0 Å². The number of rotatable bonds is 12. The van der Waals surface area contributed by atoms with Crippen molar-refractivity contribution in [2.24, 2.45) is 5.92 Å². The van der Waals surface area contributed by atoms with Crippen LogP contribution in [0.1, 0.15) is 67.2 Å². The van der Waals surface area contributed by atoms with Crippen LogP contribution in [0, 0.1) is 5.92 Å². The van der Waals surface area contributed by atoms with Gasteiger partial charge in [0.15, 0.2) is 0 Å². The summed E-state index contributed by atoms with van der Waals surface area (Å²) in [6.45, 7) is 6.54. The Morgan fingerprint density at radius 3 is 1.48 bits per heavy atom. The molecule has 3 saturated heterocycles. The molecule has 0 unspecified atom stereocenters. The fourth-order valence-corrected chi connectivity index (χ4v) is 7.43. The quantitative estimate of drug-likeness (QED) is 0.101. The number of fused-ring (bicyclic) bond motifs is 3. The summed E-state index contributed by atoms with van der Waals surface area (Å²) >= 11 is 0. The summed E-state index contributed by atoms with van der Waals surface area (Å²) in [6, 6.07) is 41.5. The lowest BCUT2D eigenvalue weighted by atomic mass is 9.65. The molecule has 3 aliphatic rings. The third-order valence-corrected chi connectivity index (χ3v) is 9.74. The van der Waals surface area contributed by atoms with Crippen LogP contribution in [0.3, 0.4) is 0 Å². The number of ether oxygens (including phenoxy) is 1. The predicted octanol–water partition coefficient (Wildman–Crippen LogP) is 8.64.